The maximum absolute atomic E-state index is 5.37. The summed E-state index contributed by atoms with van der Waals surface area (Å²) in [5.41, 5.74) is 0.443. The highest BCUT2D eigenvalue weighted by atomic mass is 127. The van der Waals surface area contributed by atoms with Gasteiger partial charge in [0.05, 0.1) is 13.2 Å². The smallest absolute Gasteiger partial charge is 0.191 e. The summed E-state index contributed by atoms with van der Waals surface area (Å²) in [6.45, 7) is 16.8. The van der Waals surface area contributed by atoms with Gasteiger partial charge in [-0.15, -0.1) is 24.0 Å². The first-order chi connectivity index (χ1) is 11.0. The Morgan fingerprint density at radius 1 is 1.08 bits per heavy atom. The average Bonchev–Trinajstić information content (AvgIpc) is 2.51. The van der Waals surface area contributed by atoms with Gasteiger partial charge in [-0.05, 0) is 31.6 Å². The number of unbranched alkanes of at least 4 members (excludes halogenated alkanes) is 1. The Hall–Kier alpha value is -0.0800. The number of halogens is 1. The largest absolute Gasteiger partial charge is 0.379 e. The van der Waals surface area contributed by atoms with E-state index in [1.54, 1.807) is 0 Å². The van der Waals surface area contributed by atoms with Crippen molar-refractivity contribution >= 4 is 29.9 Å². The van der Waals surface area contributed by atoms with Gasteiger partial charge in [0.25, 0.3) is 0 Å². The van der Waals surface area contributed by atoms with Crippen LogP contribution < -0.4 is 10.6 Å². The van der Waals surface area contributed by atoms with Gasteiger partial charge in [-0.1, -0.05) is 27.2 Å². The minimum atomic E-state index is 0. The third-order valence-electron chi connectivity index (χ3n) is 4.00. The van der Waals surface area contributed by atoms with E-state index in [0.717, 1.165) is 64.9 Å². The maximum atomic E-state index is 5.37. The molecule has 24 heavy (non-hydrogen) atoms. The topological polar surface area (TPSA) is 48.9 Å². The van der Waals surface area contributed by atoms with Gasteiger partial charge < -0.3 is 15.4 Å². The van der Waals surface area contributed by atoms with Crippen LogP contribution in [0.3, 0.4) is 0 Å². The number of rotatable bonds is 9. The molecule has 0 amide bonds. The van der Waals surface area contributed by atoms with Crippen LogP contribution in [-0.2, 0) is 4.74 Å². The number of nitrogens with zero attached hydrogens (tertiary/aromatic N) is 2. The first kappa shape index (κ1) is 23.9. The van der Waals surface area contributed by atoms with Crippen molar-refractivity contribution in [2.75, 3.05) is 52.5 Å². The standard InChI is InChI=1S/C18H38N4O.HI/c1-5-19-17(20-10-7-6-9-18(2,3)4)21-11-8-12-22-13-15-23-16-14-22;/h5-16H2,1-4H3,(H2,19,20,21);1H. The lowest BCUT2D eigenvalue weighted by Crippen LogP contribution is -2.38. The molecular weight excluding hydrogens is 415 g/mol. The molecule has 0 unspecified atom stereocenters. The van der Waals surface area contributed by atoms with E-state index in [2.05, 4.69) is 48.2 Å². The van der Waals surface area contributed by atoms with Gasteiger partial charge in [0.2, 0.25) is 0 Å². The van der Waals surface area contributed by atoms with E-state index in [1.807, 2.05) is 0 Å². The van der Waals surface area contributed by atoms with Gasteiger partial charge >= 0.3 is 0 Å². The van der Waals surface area contributed by atoms with Crippen molar-refractivity contribution < 1.29 is 4.74 Å². The van der Waals surface area contributed by atoms with E-state index in [-0.39, 0.29) is 24.0 Å². The van der Waals surface area contributed by atoms with Crippen molar-refractivity contribution in [3.05, 3.63) is 0 Å². The normalized spacial score (nSPS) is 16.6. The second-order valence-corrected chi connectivity index (χ2v) is 7.51. The predicted molar refractivity (Wildman–Crippen MR) is 115 cm³/mol. The van der Waals surface area contributed by atoms with Gasteiger partial charge in [-0.25, -0.2) is 0 Å². The zero-order valence-electron chi connectivity index (χ0n) is 16.2. The lowest BCUT2D eigenvalue weighted by molar-refractivity contribution is 0.0377. The van der Waals surface area contributed by atoms with Crippen LogP contribution in [0.25, 0.3) is 0 Å². The third kappa shape index (κ3) is 13.2. The zero-order valence-corrected chi connectivity index (χ0v) is 18.5. The van der Waals surface area contributed by atoms with Crippen molar-refractivity contribution in [3.8, 4) is 0 Å². The summed E-state index contributed by atoms with van der Waals surface area (Å²) in [5, 5.41) is 6.78. The van der Waals surface area contributed by atoms with Crippen LogP contribution in [0.4, 0.5) is 0 Å². The molecule has 2 N–H and O–H groups in total. The molecule has 0 spiro atoms. The summed E-state index contributed by atoms with van der Waals surface area (Å²) in [6, 6.07) is 0. The van der Waals surface area contributed by atoms with E-state index in [9.17, 15) is 0 Å². The van der Waals surface area contributed by atoms with E-state index in [0.29, 0.717) is 5.41 Å². The summed E-state index contributed by atoms with van der Waals surface area (Å²) in [7, 11) is 0. The lowest BCUT2D eigenvalue weighted by atomic mass is 9.90. The molecule has 6 heteroatoms. The van der Waals surface area contributed by atoms with E-state index >= 15 is 0 Å². The fourth-order valence-corrected chi connectivity index (χ4v) is 2.64. The Balaban J connectivity index is 0.00000529. The Kier molecular flexibility index (Phi) is 14.1. The van der Waals surface area contributed by atoms with Crippen molar-refractivity contribution in [1.29, 1.82) is 0 Å². The lowest BCUT2D eigenvalue weighted by Gasteiger charge is -2.26. The van der Waals surface area contributed by atoms with Gasteiger partial charge in [-0.3, -0.25) is 9.89 Å². The van der Waals surface area contributed by atoms with Crippen LogP contribution in [-0.4, -0.2) is 63.3 Å². The molecule has 0 radical (unpaired) electrons. The van der Waals surface area contributed by atoms with Crippen LogP contribution >= 0.6 is 24.0 Å². The Labute approximate surface area is 166 Å². The third-order valence-corrected chi connectivity index (χ3v) is 4.00. The molecular formula is C18H39IN4O. The molecule has 1 heterocycles. The molecule has 1 rings (SSSR count). The molecule has 0 aromatic heterocycles. The molecule has 1 aliphatic rings. The van der Waals surface area contributed by atoms with Crippen LogP contribution in [0, 0.1) is 5.41 Å². The highest BCUT2D eigenvalue weighted by molar-refractivity contribution is 14.0. The second-order valence-electron chi connectivity index (χ2n) is 7.51. The van der Waals surface area contributed by atoms with Crippen molar-refractivity contribution in [3.63, 3.8) is 0 Å². The van der Waals surface area contributed by atoms with Crippen LogP contribution in [0.2, 0.25) is 0 Å². The number of nitrogens with one attached hydrogen (secondary N) is 2. The summed E-state index contributed by atoms with van der Waals surface area (Å²) < 4.78 is 5.37. The van der Waals surface area contributed by atoms with Crippen LogP contribution in [0.15, 0.2) is 4.99 Å². The Morgan fingerprint density at radius 3 is 2.42 bits per heavy atom. The predicted octanol–water partition coefficient (Wildman–Crippen LogP) is 3.10. The minimum absolute atomic E-state index is 0. The number of guanidine groups is 1. The first-order valence-electron chi connectivity index (χ1n) is 9.33. The molecule has 0 aromatic rings. The molecule has 1 fully saturated rings. The van der Waals surface area contributed by atoms with E-state index < -0.39 is 0 Å². The quantitative estimate of drug-likeness (QED) is 0.243. The number of hydrogen-bond donors (Lipinski definition) is 2. The fourth-order valence-electron chi connectivity index (χ4n) is 2.64. The summed E-state index contributed by atoms with van der Waals surface area (Å²) in [5.74, 6) is 0.963. The Bertz CT molecular complexity index is 325. The van der Waals surface area contributed by atoms with Crippen LogP contribution in [0.5, 0.6) is 0 Å². The number of ether oxygens (including phenoxy) is 1. The molecule has 0 aromatic carbocycles. The molecule has 1 saturated heterocycles. The maximum Gasteiger partial charge on any atom is 0.191 e. The summed E-state index contributed by atoms with van der Waals surface area (Å²) in [4.78, 5) is 7.14. The average molecular weight is 454 g/mol. The highest BCUT2D eigenvalue weighted by Gasteiger charge is 2.10. The molecule has 144 valence electrons. The first-order valence-corrected chi connectivity index (χ1v) is 9.33. The zero-order chi connectivity index (χ0) is 17.0. The molecule has 0 saturated carbocycles. The number of morpholine rings is 1. The molecule has 1 aliphatic heterocycles. The minimum Gasteiger partial charge on any atom is -0.379 e. The van der Waals surface area contributed by atoms with Crippen LogP contribution in [0.1, 0.15) is 53.4 Å². The second kappa shape index (κ2) is 14.1. The molecule has 5 nitrogen and oxygen atoms in total. The van der Waals surface area contributed by atoms with E-state index in [4.69, 9.17) is 4.74 Å². The van der Waals surface area contributed by atoms with E-state index in [1.165, 1.54) is 19.3 Å². The molecule has 0 atom stereocenters. The summed E-state index contributed by atoms with van der Waals surface area (Å²) in [6.07, 6.45) is 4.87. The molecule has 0 aliphatic carbocycles. The number of hydrogen-bond acceptors (Lipinski definition) is 3. The monoisotopic (exact) mass is 454 g/mol. The molecule has 0 bridgehead atoms. The van der Waals surface area contributed by atoms with Crippen molar-refractivity contribution in [2.45, 2.75) is 53.4 Å². The number of aliphatic imine (C=N–C) groups is 1. The van der Waals surface area contributed by atoms with Gasteiger partial charge in [0.1, 0.15) is 0 Å². The van der Waals surface area contributed by atoms with Gasteiger partial charge in [0, 0.05) is 39.3 Å². The fraction of sp³-hybridized carbons (Fsp3) is 0.944. The highest BCUT2D eigenvalue weighted by Crippen LogP contribution is 2.21. The van der Waals surface area contributed by atoms with Crippen molar-refractivity contribution in [1.82, 2.24) is 15.5 Å². The summed E-state index contributed by atoms with van der Waals surface area (Å²) >= 11 is 0. The van der Waals surface area contributed by atoms with Gasteiger partial charge in [-0.2, -0.15) is 0 Å². The Morgan fingerprint density at radius 2 is 1.79 bits per heavy atom. The van der Waals surface area contributed by atoms with Crippen molar-refractivity contribution in [2.24, 2.45) is 10.4 Å². The SMILES string of the molecule is CCNC(=NCCCN1CCOCC1)NCCCCC(C)(C)C.I. The van der Waals surface area contributed by atoms with Gasteiger partial charge in [0.15, 0.2) is 5.96 Å².